The summed E-state index contributed by atoms with van der Waals surface area (Å²) in [5.74, 6) is 0. The van der Waals surface area contributed by atoms with E-state index < -0.39 is 0 Å². The van der Waals surface area contributed by atoms with E-state index in [1.807, 2.05) is 13.1 Å². The molecular weight excluding hydrogens is 164 g/mol. The number of hydrogen-bond donors (Lipinski definition) is 3. The van der Waals surface area contributed by atoms with Crippen molar-refractivity contribution in [2.75, 3.05) is 19.3 Å². The topological polar surface area (TPSA) is 63.0 Å². The van der Waals surface area contributed by atoms with Crippen LogP contribution >= 0.6 is 0 Å². The van der Waals surface area contributed by atoms with E-state index >= 15 is 0 Å². The van der Waals surface area contributed by atoms with Gasteiger partial charge in [0.2, 0.25) is 0 Å². The summed E-state index contributed by atoms with van der Waals surface area (Å²) in [5, 5.41) is 6.41. The smallest absolute Gasteiger partial charge is 0.0854 e. The van der Waals surface area contributed by atoms with Crippen molar-refractivity contribution in [1.82, 2.24) is 15.6 Å². The highest BCUT2D eigenvalue weighted by molar-refractivity contribution is 5.45. The Morgan fingerprint density at radius 2 is 2.38 bits per heavy atom. The number of nitrogens with zero attached hydrogens (tertiary/aromatic N) is 1. The molecule has 4 N–H and O–H groups in total. The van der Waals surface area contributed by atoms with Gasteiger partial charge in [-0.05, 0) is 19.7 Å². The molecule has 0 radical (unpaired) electrons. The molecule has 72 valence electrons. The number of anilines is 1. The minimum absolute atomic E-state index is 0.105. The van der Waals surface area contributed by atoms with Crippen molar-refractivity contribution in [3.63, 3.8) is 0 Å². The molecule has 0 bridgehead atoms. The Labute approximate surface area is 78.6 Å². The molecule has 1 aromatic heterocycles. The Kier molecular flexibility index (Phi) is 3.67. The molecule has 1 heterocycles. The van der Waals surface area contributed by atoms with Crippen molar-refractivity contribution in [1.29, 1.82) is 0 Å². The maximum absolute atomic E-state index is 5.78. The molecule has 1 rings (SSSR count). The van der Waals surface area contributed by atoms with Gasteiger partial charge in [-0.15, -0.1) is 0 Å². The van der Waals surface area contributed by atoms with Crippen molar-refractivity contribution in [3.05, 3.63) is 24.0 Å². The van der Waals surface area contributed by atoms with E-state index in [1.165, 1.54) is 0 Å². The van der Waals surface area contributed by atoms with Gasteiger partial charge in [0.1, 0.15) is 0 Å². The summed E-state index contributed by atoms with van der Waals surface area (Å²) in [5.41, 5.74) is 7.54. The van der Waals surface area contributed by atoms with E-state index in [4.69, 9.17) is 5.73 Å². The van der Waals surface area contributed by atoms with Crippen molar-refractivity contribution in [2.24, 2.45) is 0 Å². The fraction of sp³-hybridized carbons (Fsp3) is 0.444. The summed E-state index contributed by atoms with van der Waals surface area (Å²) < 4.78 is 0. The second kappa shape index (κ2) is 4.79. The molecule has 13 heavy (non-hydrogen) atoms. The first-order valence-electron chi connectivity index (χ1n) is 4.39. The maximum atomic E-state index is 5.78. The molecule has 0 aliphatic heterocycles. The monoisotopic (exact) mass is 180 g/mol. The van der Waals surface area contributed by atoms with Gasteiger partial charge in [-0.2, -0.15) is 0 Å². The highest BCUT2D eigenvalue weighted by Crippen LogP contribution is 2.15. The lowest BCUT2D eigenvalue weighted by molar-refractivity contribution is 0.489. The van der Waals surface area contributed by atoms with Crippen LogP contribution in [0, 0.1) is 0 Å². The SMILES string of the molecule is CCNC(NC)c1ccncc1N. The zero-order valence-corrected chi connectivity index (χ0v) is 8.04. The summed E-state index contributed by atoms with van der Waals surface area (Å²) >= 11 is 0. The van der Waals surface area contributed by atoms with Crippen LogP contribution < -0.4 is 16.4 Å². The molecule has 1 aromatic rings. The van der Waals surface area contributed by atoms with Crippen LogP contribution in [-0.4, -0.2) is 18.6 Å². The highest BCUT2D eigenvalue weighted by Gasteiger charge is 2.09. The van der Waals surface area contributed by atoms with Gasteiger partial charge < -0.3 is 11.1 Å². The van der Waals surface area contributed by atoms with Crippen molar-refractivity contribution < 1.29 is 0 Å². The van der Waals surface area contributed by atoms with E-state index in [1.54, 1.807) is 12.4 Å². The summed E-state index contributed by atoms with van der Waals surface area (Å²) in [6, 6.07) is 1.92. The Hall–Kier alpha value is -1.13. The van der Waals surface area contributed by atoms with Gasteiger partial charge >= 0.3 is 0 Å². The Morgan fingerprint density at radius 1 is 1.62 bits per heavy atom. The lowest BCUT2D eigenvalue weighted by atomic mass is 10.2. The van der Waals surface area contributed by atoms with E-state index in [9.17, 15) is 0 Å². The zero-order chi connectivity index (χ0) is 9.68. The number of nitrogens with one attached hydrogen (secondary N) is 2. The van der Waals surface area contributed by atoms with Crippen LogP contribution in [0.15, 0.2) is 18.5 Å². The van der Waals surface area contributed by atoms with Gasteiger partial charge in [0, 0.05) is 11.8 Å². The van der Waals surface area contributed by atoms with E-state index in [0.29, 0.717) is 5.69 Å². The van der Waals surface area contributed by atoms with Crippen molar-refractivity contribution in [3.8, 4) is 0 Å². The highest BCUT2D eigenvalue weighted by atomic mass is 15.1. The first-order chi connectivity index (χ1) is 6.29. The summed E-state index contributed by atoms with van der Waals surface area (Å²) in [6.07, 6.45) is 3.51. The molecule has 0 saturated heterocycles. The number of hydrogen-bond acceptors (Lipinski definition) is 4. The summed E-state index contributed by atoms with van der Waals surface area (Å²) in [7, 11) is 1.90. The fourth-order valence-electron chi connectivity index (χ4n) is 1.25. The quantitative estimate of drug-likeness (QED) is 0.590. The van der Waals surface area contributed by atoms with E-state index in [2.05, 4.69) is 22.5 Å². The van der Waals surface area contributed by atoms with Crippen LogP contribution in [0.5, 0.6) is 0 Å². The Morgan fingerprint density at radius 3 is 2.92 bits per heavy atom. The summed E-state index contributed by atoms with van der Waals surface area (Å²) in [4.78, 5) is 3.94. The molecular formula is C9H16N4. The molecule has 0 aliphatic rings. The lowest BCUT2D eigenvalue weighted by Crippen LogP contribution is -2.32. The van der Waals surface area contributed by atoms with Gasteiger partial charge in [0.15, 0.2) is 0 Å². The average molecular weight is 180 g/mol. The zero-order valence-electron chi connectivity index (χ0n) is 8.04. The van der Waals surface area contributed by atoms with Crippen LogP contribution in [0.4, 0.5) is 5.69 Å². The molecule has 1 unspecified atom stereocenters. The molecule has 0 amide bonds. The molecule has 0 fully saturated rings. The predicted octanol–water partition coefficient (Wildman–Crippen LogP) is 0.491. The first-order valence-corrected chi connectivity index (χ1v) is 4.39. The molecule has 4 nitrogen and oxygen atoms in total. The Bertz CT molecular complexity index is 262. The van der Waals surface area contributed by atoms with Crippen LogP contribution in [0.3, 0.4) is 0 Å². The van der Waals surface area contributed by atoms with E-state index in [-0.39, 0.29) is 6.17 Å². The van der Waals surface area contributed by atoms with Crippen LogP contribution in [0.1, 0.15) is 18.7 Å². The number of aromatic nitrogens is 1. The summed E-state index contributed by atoms with van der Waals surface area (Å²) in [6.45, 7) is 2.95. The fourth-order valence-corrected chi connectivity index (χ4v) is 1.25. The number of rotatable bonds is 4. The minimum Gasteiger partial charge on any atom is -0.397 e. The molecule has 1 atom stereocenters. The average Bonchev–Trinajstić information content (AvgIpc) is 2.16. The number of pyridine rings is 1. The standard InChI is InChI=1S/C9H16N4/c1-3-13-9(11-2)7-4-5-12-6-8(7)10/h4-6,9,11,13H,3,10H2,1-2H3. The lowest BCUT2D eigenvalue weighted by Gasteiger charge is -2.18. The third-order valence-corrected chi connectivity index (χ3v) is 1.90. The second-order valence-corrected chi connectivity index (χ2v) is 2.78. The third kappa shape index (κ3) is 2.40. The van der Waals surface area contributed by atoms with Gasteiger partial charge in [-0.1, -0.05) is 6.92 Å². The number of nitrogens with two attached hydrogens (primary N) is 1. The maximum Gasteiger partial charge on any atom is 0.0854 e. The number of nitrogen functional groups attached to an aromatic ring is 1. The first kappa shape index (κ1) is 9.95. The molecule has 4 heteroatoms. The van der Waals surface area contributed by atoms with Crippen molar-refractivity contribution in [2.45, 2.75) is 13.1 Å². The normalized spacial score (nSPS) is 12.8. The third-order valence-electron chi connectivity index (χ3n) is 1.90. The van der Waals surface area contributed by atoms with Crippen LogP contribution in [0.25, 0.3) is 0 Å². The van der Waals surface area contributed by atoms with Gasteiger partial charge in [0.05, 0.1) is 18.1 Å². The van der Waals surface area contributed by atoms with E-state index in [0.717, 1.165) is 12.1 Å². The van der Waals surface area contributed by atoms with Gasteiger partial charge in [0.25, 0.3) is 0 Å². The Balaban J connectivity index is 2.84. The molecule has 0 spiro atoms. The second-order valence-electron chi connectivity index (χ2n) is 2.78. The van der Waals surface area contributed by atoms with Gasteiger partial charge in [-0.3, -0.25) is 10.3 Å². The molecule has 0 aliphatic carbocycles. The minimum atomic E-state index is 0.105. The van der Waals surface area contributed by atoms with Crippen LogP contribution in [-0.2, 0) is 0 Å². The van der Waals surface area contributed by atoms with Gasteiger partial charge in [-0.25, -0.2) is 0 Å². The molecule has 0 saturated carbocycles. The van der Waals surface area contributed by atoms with Crippen LogP contribution in [0.2, 0.25) is 0 Å². The molecule has 0 aromatic carbocycles. The largest absolute Gasteiger partial charge is 0.397 e. The van der Waals surface area contributed by atoms with Crippen molar-refractivity contribution >= 4 is 5.69 Å². The predicted molar refractivity (Wildman–Crippen MR) is 54.1 cm³/mol.